The van der Waals surface area contributed by atoms with E-state index in [4.69, 9.17) is 14.3 Å². The normalized spacial score (nSPS) is 25.8. The molecule has 0 amide bonds. The van der Waals surface area contributed by atoms with Gasteiger partial charge >= 0.3 is 0 Å². The van der Waals surface area contributed by atoms with Crippen molar-refractivity contribution in [1.29, 1.82) is 0 Å². The van der Waals surface area contributed by atoms with E-state index >= 15 is 0 Å². The van der Waals surface area contributed by atoms with Crippen molar-refractivity contribution in [3.63, 3.8) is 0 Å². The molecule has 2 atom stereocenters. The molecule has 9 heteroatoms. The van der Waals surface area contributed by atoms with Crippen LogP contribution in [0.25, 0.3) is 11.8 Å². The van der Waals surface area contributed by atoms with Gasteiger partial charge in [0, 0.05) is 24.8 Å². The van der Waals surface area contributed by atoms with Gasteiger partial charge in [0.05, 0.1) is 38.0 Å². The van der Waals surface area contributed by atoms with E-state index in [1.54, 1.807) is 25.6 Å². The van der Waals surface area contributed by atoms with Crippen molar-refractivity contribution in [1.82, 2.24) is 14.5 Å². The van der Waals surface area contributed by atoms with E-state index in [1.807, 2.05) is 35.9 Å². The van der Waals surface area contributed by atoms with Gasteiger partial charge in [-0.15, -0.1) is 0 Å². The SMILES string of the molecule is COc1cc(/C=C2\CC3(CCOC3)CN3C2=NOCC3(CO)c2ccc(F)cc2)ccc1-n1cnc(C)c1. The monoisotopic (exact) mass is 518 g/mol. The van der Waals surface area contributed by atoms with Gasteiger partial charge in [-0.2, -0.15) is 0 Å². The maximum atomic E-state index is 13.8. The number of fused-ring (bicyclic) bond motifs is 1. The molecule has 8 nitrogen and oxygen atoms in total. The third-order valence-corrected chi connectivity index (χ3v) is 7.94. The Bertz CT molecular complexity index is 1390. The highest BCUT2D eigenvalue weighted by atomic mass is 19.1. The number of hydrogen-bond acceptors (Lipinski definition) is 7. The predicted octanol–water partition coefficient (Wildman–Crippen LogP) is 4.06. The molecule has 3 aliphatic rings. The van der Waals surface area contributed by atoms with E-state index in [-0.39, 0.29) is 24.4 Å². The summed E-state index contributed by atoms with van der Waals surface area (Å²) in [6, 6.07) is 12.3. The molecule has 2 aromatic carbocycles. The number of aromatic nitrogens is 2. The first-order chi connectivity index (χ1) is 18.4. The first-order valence-electron chi connectivity index (χ1n) is 12.8. The Kier molecular flexibility index (Phi) is 6.20. The van der Waals surface area contributed by atoms with E-state index in [0.717, 1.165) is 46.7 Å². The zero-order chi connectivity index (χ0) is 26.3. The number of methoxy groups -OCH3 is 1. The number of imidazole rings is 1. The highest BCUT2D eigenvalue weighted by Gasteiger charge is 2.52. The number of aliphatic hydroxyl groups is 1. The highest BCUT2D eigenvalue weighted by Crippen LogP contribution is 2.47. The van der Waals surface area contributed by atoms with Gasteiger partial charge in [-0.05, 0) is 66.8 Å². The first kappa shape index (κ1) is 24.6. The van der Waals surface area contributed by atoms with E-state index in [9.17, 15) is 9.50 Å². The summed E-state index contributed by atoms with van der Waals surface area (Å²) < 4.78 is 27.3. The fourth-order valence-corrected chi connectivity index (χ4v) is 5.86. The number of benzene rings is 2. The van der Waals surface area contributed by atoms with Gasteiger partial charge in [-0.25, -0.2) is 9.37 Å². The van der Waals surface area contributed by atoms with Crippen LogP contribution in [0.2, 0.25) is 0 Å². The number of aryl methyl sites for hydroxylation is 1. The van der Waals surface area contributed by atoms with Gasteiger partial charge in [0.25, 0.3) is 0 Å². The Morgan fingerprint density at radius 1 is 1.18 bits per heavy atom. The molecule has 0 saturated carbocycles. The maximum absolute atomic E-state index is 13.8. The predicted molar refractivity (Wildman–Crippen MR) is 141 cm³/mol. The fraction of sp³-hybridized carbons (Fsp3) is 0.379. The van der Waals surface area contributed by atoms with Gasteiger partial charge in [0.1, 0.15) is 23.7 Å². The maximum Gasteiger partial charge on any atom is 0.172 e. The van der Waals surface area contributed by atoms with Gasteiger partial charge in [-0.1, -0.05) is 23.4 Å². The second-order valence-electron chi connectivity index (χ2n) is 10.5. The zero-order valence-electron chi connectivity index (χ0n) is 21.6. The van der Waals surface area contributed by atoms with Crippen LogP contribution in [0.1, 0.15) is 29.7 Å². The lowest BCUT2D eigenvalue weighted by molar-refractivity contribution is -0.0555. The van der Waals surface area contributed by atoms with Crippen LogP contribution in [0, 0.1) is 18.2 Å². The minimum atomic E-state index is -0.888. The molecule has 1 N–H and O–H groups in total. The van der Waals surface area contributed by atoms with Gasteiger partial charge in [0.15, 0.2) is 5.84 Å². The van der Waals surface area contributed by atoms with Crippen LogP contribution in [0.3, 0.4) is 0 Å². The molecule has 3 aromatic rings. The van der Waals surface area contributed by atoms with Crippen LogP contribution in [-0.2, 0) is 15.1 Å². The number of hydrogen-bond donors (Lipinski definition) is 1. The zero-order valence-corrected chi connectivity index (χ0v) is 21.6. The fourth-order valence-electron chi connectivity index (χ4n) is 5.86. The molecule has 2 fully saturated rings. The van der Waals surface area contributed by atoms with Gasteiger partial charge in [0.2, 0.25) is 0 Å². The average Bonchev–Trinajstić information content (AvgIpc) is 3.57. The highest BCUT2D eigenvalue weighted by molar-refractivity contribution is 6.03. The van der Waals surface area contributed by atoms with Gasteiger partial charge in [-0.3, -0.25) is 0 Å². The molecule has 2 saturated heterocycles. The summed E-state index contributed by atoms with van der Waals surface area (Å²) in [4.78, 5) is 12.2. The van der Waals surface area contributed by atoms with Crippen molar-refractivity contribution in [3.05, 3.63) is 83.2 Å². The molecule has 6 rings (SSSR count). The topological polar surface area (TPSA) is 81.3 Å². The summed E-state index contributed by atoms with van der Waals surface area (Å²) in [6.07, 6.45) is 7.50. The number of halogens is 1. The molecule has 1 spiro atoms. The number of aliphatic hydroxyl groups excluding tert-OH is 1. The van der Waals surface area contributed by atoms with E-state index < -0.39 is 5.54 Å². The average molecular weight is 519 g/mol. The molecule has 0 radical (unpaired) electrons. The van der Waals surface area contributed by atoms with Crippen LogP contribution in [0.5, 0.6) is 5.75 Å². The number of nitrogens with zero attached hydrogens (tertiary/aromatic N) is 4. The molecular formula is C29H31FN4O4. The number of oxime groups is 1. The van der Waals surface area contributed by atoms with Crippen molar-refractivity contribution in [3.8, 4) is 11.4 Å². The minimum Gasteiger partial charge on any atom is -0.495 e. The third kappa shape index (κ3) is 4.16. The first-order valence-corrected chi connectivity index (χ1v) is 12.8. The van der Waals surface area contributed by atoms with Crippen molar-refractivity contribution in [2.45, 2.75) is 25.3 Å². The number of ether oxygens (including phenoxy) is 2. The van der Waals surface area contributed by atoms with E-state index in [0.29, 0.717) is 25.6 Å². The number of amidine groups is 1. The Morgan fingerprint density at radius 2 is 2.03 bits per heavy atom. The summed E-state index contributed by atoms with van der Waals surface area (Å²) in [6.45, 7) is 3.89. The summed E-state index contributed by atoms with van der Waals surface area (Å²) in [5, 5.41) is 15.3. The van der Waals surface area contributed by atoms with Crippen LogP contribution in [0.15, 0.2) is 65.7 Å². The quantitative estimate of drug-likeness (QED) is 0.549. The van der Waals surface area contributed by atoms with Crippen molar-refractivity contribution in [2.75, 3.05) is 40.1 Å². The van der Waals surface area contributed by atoms with Crippen molar-refractivity contribution in [2.24, 2.45) is 10.6 Å². The third-order valence-electron chi connectivity index (χ3n) is 7.94. The summed E-state index contributed by atoms with van der Waals surface area (Å²) in [5.41, 5.74) is 3.55. The number of piperidine rings is 1. The Hall–Kier alpha value is -3.69. The van der Waals surface area contributed by atoms with Crippen molar-refractivity contribution >= 4 is 11.9 Å². The lowest BCUT2D eigenvalue weighted by Crippen LogP contribution is -2.62. The molecule has 3 aliphatic heterocycles. The lowest BCUT2D eigenvalue weighted by atomic mass is 9.73. The van der Waals surface area contributed by atoms with Crippen LogP contribution in [-0.4, -0.2) is 65.5 Å². The van der Waals surface area contributed by atoms with E-state index in [2.05, 4.69) is 21.1 Å². The van der Waals surface area contributed by atoms with Crippen LogP contribution in [0.4, 0.5) is 4.39 Å². The largest absolute Gasteiger partial charge is 0.495 e. The standard InChI is InChI=1S/C29H31FN4O4/c1-20-14-33(19-31-20)25-8-3-21(12-26(25)36-2)11-22-13-28(9-10-37-17-28)15-34-27(22)32-38-18-29(34,16-35)23-4-6-24(30)7-5-23/h3-8,11-12,14,19,35H,9-10,13,15-18H2,1-2H3/b22-11+. The molecule has 2 unspecified atom stereocenters. The Labute approximate surface area is 220 Å². The smallest absolute Gasteiger partial charge is 0.172 e. The molecule has 38 heavy (non-hydrogen) atoms. The Balaban J connectivity index is 1.43. The van der Waals surface area contributed by atoms with Crippen molar-refractivity contribution < 1.29 is 23.8 Å². The molecule has 198 valence electrons. The Morgan fingerprint density at radius 3 is 2.71 bits per heavy atom. The molecule has 0 aliphatic carbocycles. The van der Waals surface area contributed by atoms with E-state index in [1.165, 1.54) is 12.1 Å². The molecular weight excluding hydrogens is 487 g/mol. The second kappa shape index (κ2) is 9.56. The summed E-state index contributed by atoms with van der Waals surface area (Å²) in [5.74, 6) is 1.08. The van der Waals surface area contributed by atoms with Gasteiger partial charge < -0.3 is 28.9 Å². The molecule has 1 aromatic heterocycles. The molecule has 4 heterocycles. The number of rotatable bonds is 5. The minimum absolute atomic E-state index is 0.124. The summed E-state index contributed by atoms with van der Waals surface area (Å²) >= 11 is 0. The van der Waals surface area contributed by atoms with Crippen LogP contribution < -0.4 is 4.74 Å². The molecule has 0 bridgehead atoms. The van der Waals surface area contributed by atoms with Crippen LogP contribution >= 0.6 is 0 Å². The lowest BCUT2D eigenvalue weighted by Gasteiger charge is -2.53. The second-order valence-corrected chi connectivity index (χ2v) is 10.5. The summed E-state index contributed by atoms with van der Waals surface area (Å²) in [7, 11) is 1.66.